The number of benzene rings is 4. The number of nitrogens with zero attached hydrogens (tertiary/aromatic N) is 1. The maximum absolute atomic E-state index is 13.8. The smallest absolute Gasteiger partial charge is 0.251 e. The van der Waals surface area contributed by atoms with Gasteiger partial charge in [-0.25, -0.2) is 4.98 Å². The lowest BCUT2D eigenvalue weighted by atomic mass is 9.87. The maximum Gasteiger partial charge on any atom is 0.251 e. The molecule has 0 spiro atoms. The van der Waals surface area contributed by atoms with Crippen molar-refractivity contribution in [2.75, 3.05) is 6.54 Å². The predicted molar refractivity (Wildman–Crippen MR) is 187 cm³/mol. The molecule has 1 heterocycles. The summed E-state index contributed by atoms with van der Waals surface area (Å²) in [6, 6.07) is 29.9. The van der Waals surface area contributed by atoms with E-state index in [9.17, 15) is 9.59 Å². The summed E-state index contributed by atoms with van der Waals surface area (Å²) < 4.78 is 0. The number of aromatic nitrogens is 2. The number of carbonyl (C=O) groups excluding carboxylic acids is 2. The molecule has 8 nitrogen and oxygen atoms in total. The SMILES string of the molecule is CC(NC(=O)[C@H](CCCNC1CCCc2ccccc21)NC(=O)c1ccc(CNCc2ncc[nH]2)cc1)c1cccc2ccccc12. The van der Waals surface area contributed by atoms with Crippen LogP contribution in [0.25, 0.3) is 10.8 Å². The van der Waals surface area contributed by atoms with Crippen molar-refractivity contribution in [1.82, 2.24) is 31.2 Å². The van der Waals surface area contributed by atoms with Crippen LogP contribution in [0.4, 0.5) is 0 Å². The van der Waals surface area contributed by atoms with Crippen molar-refractivity contribution in [2.45, 2.75) is 70.2 Å². The minimum Gasteiger partial charge on any atom is -0.348 e. The van der Waals surface area contributed by atoms with Gasteiger partial charge in [0.25, 0.3) is 5.91 Å². The molecule has 1 aliphatic rings. The third-order valence-corrected chi connectivity index (χ3v) is 9.09. The van der Waals surface area contributed by atoms with Crippen molar-refractivity contribution >= 4 is 22.6 Å². The first-order valence-corrected chi connectivity index (χ1v) is 16.7. The first-order valence-electron chi connectivity index (χ1n) is 16.7. The van der Waals surface area contributed by atoms with Crippen LogP contribution in [0.3, 0.4) is 0 Å². The molecule has 8 heteroatoms. The molecule has 0 radical (unpaired) electrons. The van der Waals surface area contributed by atoms with Crippen LogP contribution < -0.4 is 21.3 Å². The largest absolute Gasteiger partial charge is 0.348 e. The molecule has 0 aliphatic heterocycles. The molecule has 5 N–H and O–H groups in total. The molecule has 0 saturated carbocycles. The zero-order valence-electron chi connectivity index (χ0n) is 27.0. The van der Waals surface area contributed by atoms with E-state index < -0.39 is 6.04 Å². The lowest BCUT2D eigenvalue weighted by molar-refractivity contribution is -0.123. The number of aromatic amines is 1. The van der Waals surface area contributed by atoms with Gasteiger partial charge in [-0.2, -0.15) is 0 Å². The van der Waals surface area contributed by atoms with Crippen LogP contribution in [0.1, 0.15) is 83.1 Å². The Hall–Kier alpha value is -4.79. The molecule has 0 bridgehead atoms. The standard InChI is InChI=1S/C39H44N6O2/c1-27(32-15-6-11-29-9-2-4-13-33(29)32)44-39(47)36(17-8-22-41-35-16-7-12-30-10-3-5-14-34(30)35)45-38(46)31-20-18-28(19-21-31)25-40-26-37-42-23-24-43-37/h2-6,9-11,13-15,18-21,23-24,27,35-36,40-41H,7-8,12,16-17,22,25-26H2,1H3,(H,42,43)(H,44,47)(H,45,46)/t27?,35?,36-/m0/s1. The van der Waals surface area contributed by atoms with Crippen LogP contribution in [0.5, 0.6) is 0 Å². The molecule has 3 atom stereocenters. The fourth-order valence-corrected chi connectivity index (χ4v) is 6.57. The van der Waals surface area contributed by atoms with Crippen molar-refractivity contribution in [3.63, 3.8) is 0 Å². The highest BCUT2D eigenvalue weighted by molar-refractivity contribution is 5.97. The summed E-state index contributed by atoms with van der Waals surface area (Å²) in [5.74, 6) is 0.437. The molecule has 5 aromatic rings. The van der Waals surface area contributed by atoms with Gasteiger partial charge in [-0.05, 0) is 90.7 Å². The molecule has 242 valence electrons. The van der Waals surface area contributed by atoms with Crippen molar-refractivity contribution in [1.29, 1.82) is 0 Å². The second kappa shape index (κ2) is 15.7. The molecule has 2 unspecified atom stereocenters. The average molecular weight is 629 g/mol. The van der Waals surface area contributed by atoms with Gasteiger partial charge in [-0.1, -0.05) is 78.9 Å². The highest BCUT2D eigenvalue weighted by Gasteiger charge is 2.24. The second-order valence-electron chi connectivity index (χ2n) is 12.4. The van der Waals surface area contributed by atoms with Crippen molar-refractivity contribution in [2.24, 2.45) is 0 Å². The van der Waals surface area contributed by atoms with Crippen LogP contribution in [-0.2, 0) is 24.3 Å². The molecule has 0 fully saturated rings. The van der Waals surface area contributed by atoms with Crippen molar-refractivity contribution in [3.05, 3.63) is 137 Å². The Balaban J connectivity index is 1.09. The minimum absolute atomic E-state index is 0.180. The molecule has 2 amide bonds. The van der Waals surface area contributed by atoms with Gasteiger partial charge in [-0.15, -0.1) is 0 Å². The van der Waals surface area contributed by atoms with Gasteiger partial charge in [-0.3, -0.25) is 9.59 Å². The van der Waals surface area contributed by atoms with E-state index in [1.165, 1.54) is 17.5 Å². The molecule has 6 rings (SSSR count). The Morgan fingerprint density at radius 3 is 2.57 bits per heavy atom. The quantitative estimate of drug-likeness (QED) is 0.0931. The number of carbonyl (C=O) groups is 2. The lowest BCUT2D eigenvalue weighted by Gasteiger charge is -2.27. The summed E-state index contributed by atoms with van der Waals surface area (Å²) in [7, 11) is 0. The number of hydrogen-bond acceptors (Lipinski definition) is 5. The van der Waals surface area contributed by atoms with Crippen LogP contribution in [0, 0.1) is 0 Å². The normalized spacial score (nSPS) is 15.5. The maximum atomic E-state index is 13.8. The van der Waals surface area contributed by atoms with Gasteiger partial charge in [0.2, 0.25) is 5.91 Å². The van der Waals surface area contributed by atoms with E-state index in [1.54, 1.807) is 12.4 Å². The van der Waals surface area contributed by atoms with E-state index in [-0.39, 0.29) is 17.9 Å². The Morgan fingerprint density at radius 2 is 1.72 bits per heavy atom. The Kier molecular flexibility index (Phi) is 10.7. The van der Waals surface area contributed by atoms with Crippen LogP contribution in [0.2, 0.25) is 0 Å². The van der Waals surface area contributed by atoms with E-state index >= 15 is 0 Å². The fraction of sp³-hybridized carbons (Fsp3) is 0.308. The minimum atomic E-state index is -0.671. The van der Waals surface area contributed by atoms with E-state index in [0.717, 1.165) is 53.5 Å². The number of fused-ring (bicyclic) bond motifs is 2. The van der Waals surface area contributed by atoms with Crippen LogP contribution in [-0.4, -0.2) is 34.4 Å². The number of aryl methyl sites for hydroxylation is 1. The van der Waals surface area contributed by atoms with E-state index in [2.05, 4.69) is 79.8 Å². The topological polar surface area (TPSA) is 111 Å². The summed E-state index contributed by atoms with van der Waals surface area (Å²) in [5, 5.41) is 15.6. The average Bonchev–Trinajstić information content (AvgIpc) is 3.63. The lowest BCUT2D eigenvalue weighted by Crippen LogP contribution is -2.47. The Bertz CT molecular complexity index is 1760. The predicted octanol–water partition coefficient (Wildman–Crippen LogP) is 6.28. The van der Waals surface area contributed by atoms with E-state index in [1.807, 2.05) is 49.4 Å². The van der Waals surface area contributed by atoms with Crippen molar-refractivity contribution in [3.8, 4) is 0 Å². The zero-order valence-corrected chi connectivity index (χ0v) is 27.0. The third-order valence-electron chi connectivity index (χ3n) is 9.09. The van der Waals surface area contributed by atoms with E-state index in [4.69, 9.17) is 0 Å². The number of rotatable bonds is 14. The molecule has 1 aliphatic carbocycles. The highest BCUT2D eigenvalue weighted by Crippen LogP contribution is 2.29. The second-order valence-corrected chi connectivity index (χ2v) is 12.4. The molecule has 0 saturated heterocycles. The van der Waals surface area contributed by atoms with Gasteiger partial charge in [0.15, 0.2) is 0 Å². The van der Waals surface area contributed by atoms with Gasteiger partial charge in [0.1, 0.15) is 11.9 Å². The molecule has 4 aromatic carbocycles. The molecular formula is C39H44N6O2. The van der Waals surface area contributed by atoms with Crippen LogP contribution >= 0.6 is 0 Å². The summed E-state index contributed by atoms with van der Waals surface area (Å²) in [6.45, 7) is 4.04. The van der Waals surface area contributed by atoms with E-state index in [0.29, 0.717) is 31.1 Å². The van der Waals surface area contributed by atoms with Gasteiger partial charge in [0.05, 0.1) is 12.6 Å². The first-order chi connectivity index (χ1) is 23.0. The molecular weight excluding hydrogens is 584 g/mol. The Morgan fingerprint density at radius 1 is 0.915 bits per heavy atom. The number of hydrogen-bond donors (Lipinski definition) is 5. The molecule has 47 heavy (non-hydrogen) atoms. The summed E-state index contributed by atoms with van der Waals surface area (Å²) >= 11 is 0. The number of nitrogens with one attached hydrogen (secondary N) is 5. The van der Waals surface area contributed by atoms with Gasteiger partial charge >= 0.3 is 0 Å². The Labute approximate surface area is 276 Å². The summed E-state index contributed by atoms with van der Waals surface area (Å²) in [5.41, 5.74) is 5.43. The fourth-order valence-electron chi connectivity index (χ4n) is 6.57. The molecule has 1 aromatic heterocycles. The number of imidazole rings is 1. The number of amides is 2. The summed E-state index contributed by atoms with van der Waals surface area (Å²) in [4.78, 5) is 34.6. The zero-order chi connectivity index (χ0) is 32.4. The first kappa shape index (κ1) is 32.2. The summed E-state index contributed by atoms with van der Waals surface area (Å²) in [6.07, 6.45) is 8.20. The monoisotopic (exact) mass is 628 g/mol. The van der Waals surface area contributed by atoms with Crippen LogP contribution in [0.15, 0.2) is 103 Å². The van der Waals surface area contributed by atoms with Crippen molar-refractivity contribution < 1.29 is 9.59 Å². The highest BCUT2D eigenvalue weighted by atomic mass is 16.2. The van der Waals surface area contributed by atoms with Gasteiger partial charge in [0, 0.05) is 30.5 Å². The van der Waals surface area contributed by atoms with Gasteiger partial charge < -0.3 is 26.3 Å². The number of H-pyrrole nitrogens is 1. The third kappa shape index (κ3) is 8.33.